The number of piperidine rings is 1. The maximum absolute atomic E-state index is 14.1. The van der Waals surface area contributed by atoms with Crippen LogP contribution in [0.4, 0.5) is 14.5 Å². The first kappa shape index (κ1) is 31.3. The highest BCUT2D eigenvalue weighted by atomic mass is 32.2. The van der Waals surface area contributed by atoms with Crippen LogP contribution in [0.5, 0.6) is 0 Å². The Balaban J connectivity index is 1.46. The lowest BCUT2D eigenvalue weighted by Gasteiger charge is -2.34. The van der Waals surface area contributed by atoms with Crippen molar-refractivity contribution in [3.05, 3.63) is 88.6 Å². The van der Waals surface area contributed by atoms with Crippen LogP contribution in [0.25, 0.3) is 33.2 Å². The Hall–Kier alpha value is -4.71. The molecule has 0 unspecified atom stereocenters. The number of likely N-dealkylation sites (tertiary alicyclic amines) is 1. The Bertz CT molecular complexity index is 2120. The fourth-order valence-electron chi connectivity index (χ4n) is 6.45. The van der Waals surface area contributed by atoms with Crippen molar-refractivity contribution in [1.29, 1.82) is 0 Å². The maximum Gasteiger partial charge on any atom is 0.270 e. The van der Waals surface area contributed by atoms with Crippen LogP contribution in [0, 0.1) is 18.6 Å². The zero-order valence-corrected chi connectivity index (χ0v) is 26.7. The van der Waals surface area contributed by atoms with Gasteiger partial charge in [-0.15, -0.1) is 0 Å². The van der Waals surface area contributed by atoms with Crippen LogP contribution >= 0.6 is 0 Å². The molecule has 0 bridgehead atoms. The van der Waals surface area contributed by atoms with Crippen molar-refractivity contribution in [2.45, 2.75) is 32.6 Å². The van der Waals surface area contributed by atoms with E-state index in [9.17, 15) is 26.8 Å². The van der Waals surface area contributed by atoms with Crippen LogP contribution in [-0.4, -0.2) is 55.6 Å². The predicted octanol–water partition coefficient (Wildman–Crippen LogP) is 6.32. The summed E-state index contributed by atoms with van der Waals surface area (Å²) in [5, 5.41) is 3.77. The van der Waals surface area contributed by atoms with E-state index in [2.05, 4.69) is 10.0 Å². The number of hydrogen-bond donors (Lipinski definition) is 2. The summed E-state index contributed by atoms with van der Waals surface area (Å²) in [5.74, 6) is -1.68. The minimum absolute atomic E-state index is 0.164. The first-order chi connectivity index (χ1) is 21.9. The van der Waals surface area contributed by atoms with Crippen LogP contribution < -0.4 is 10.0 Å². The summed E-state index contributed by atoms with van der Waals surface area (Å²) in [6, 6.07) is 13.3. The van der Waals surface area contributed by atoms with Gasteiger partial charge in [0.2, 0.25) is 10.0 Å². The Morgan fingerprint density at radius 1 is 1.02 bits per heavy atom. The molecule has 1 atom stereocenters. The van der Waals surface area contributed by atoms with Gasteiger partial charge in [0.15, 0.2) is 0 Å². The molecule has 6 rings (SSSR count). The fourth-order valence-corrected chi connectivity index (χ4v) is 7.11. The van der Waals surface area contributed by atoms with E-state index in [1.54, 1.807) is 41.6 Å². The molecule has 2 aromatic heterocycles. The van der Waals surface area contributed by atoms with Gasteiger partial charge in [-0.1, -0.05) is 0 Å². The number of nitrogens with one attached hydrogen (secondary N) is 2. The van der Waals surface area contributed by atoms with Crippen molar-refractivity contribution in [2.24, 2.45) is 7.05 Å². The average molecular weight is 649 g/mol. The molecule has 3 heterocycles. The molecule has 5 aromatic rings. The number of aryl methyl sites for hydroxylation is 2. The van der Waals surface area contributed by atoms with Gasteiger partial charge < -0.3 is 19.2 Å². The van der Waals surface area contributed by atoms with Crippen LogP contribution in [0.1, 0.15) is 57.7 Å². The van der Waals surface area contributed by atoms with Gasteiger partial charge in [0.1, 0.15) is 28.7 Å². The number of carbonyl (C=O) groups is 2. The highest BCUT2D eigenvalue weighted by Crippen LogP contribution is 2.41. The molecule has 2 N–H and O–H groups in total. The van der Waals surface area contributed by atoms with Crippen LogP contribution in [-0.2, 0) is 17.1 Å². The molecule has 1 aliphatic rings. The third kappa shape index (κ3) is 5.51. The number of halogens is 2. The van der Waals surface area contributed by atoms with Crippen molar-refractivity contribution in [2.75, 3.05) is 30.6 Å². The van der Waals surface area contributed by atoms with Gasteiger partial charge in [-0.25, -0.2) is 17.2 Å². The third-order valence-corrected chi connectivity index (χ3v) is 10.1. The van der Waals surface area contributed by atoms with Gasteiger partial charge in [0.25, 0.3) is 11.8 Å². The van der Waals surface area contributed by atoms with E-state index < -0.39 is 21.7 Å². The van der Waals surface area contributed by atoms with Crippen molar-refractivity contribution in [1.82, 2.24) is 14.8 Å². The van der Waals surface area contributed by atoms with E-state index in [0.29, 0.717) is 64.8 Å². The standard InChI is InChI=1S/C34H34F2N4O5S/c1-5-46(43,44)38-27-17-29-26(30(33(41)37-3)32(45-29)20-8-10-22(35)11-9-20)16-25(27)21-7-6-14-40(18-21)34(42)31-19(2)24-15-23(36)12-13-28(24)39(31)4/h8-13,15-17,21,38H,5-7,14,18H2,1-4H3,(H,37,41)/t21-/m0/s1. The van der Waals surface area contributed by atoms with E-state index >= 15 is 0 Å². The normalized spacial score (nSPS) is 15.4. The molecule has 2 amide bonds. The monoisotopic (exact) mass is 648 g/mol. The number of carbonyl (C=O) groups excluding carboxylic acids is 2. The number of rotatable bonds is 7. The topological polar surface area (TPSA) is 114 Å². The zero-order chi connectivity index (χ0) is 32.9. The van der Waals surface area contributed by atoms with E-state index in [1.807, 2.05) is 0 Å². The summed E-state index contributed by atoms with van der Waals surface area (Å²) in [4.78, 5) is 29.0. The molecular weight excluding hydrogens is 614 g/mol. The minimum Gasteiger partial charge on any atom is -0.455 e. The lowest BCUT2D eigenvalue weighted by molar-refractivity contribution is 0.0697. The Morgan fingerprint density at radius 2 is 1.74 bits per heavy atom. The first-order valence-corrected chi connectivity index (χ1v) is 16.7. The summed E-state index contributed by atoms with van der Waals surface area (Å²) in [7, 11) is -0.436. The van der Waals surface area contributed by atoms with Crippen molar-refractivity contribution in [3.63, 3.8) is 0 Å². The molecule has 0 spiro atoms. The van der Waals surface area contributed by atoms with Gasteiger partial charge in [0.05, 0.1) is 17.0 Å². The molecule has 1 fully saturated rings. The van der Waals surface area contributed by atoms with Gasteiger partial charge in [-0.2, -0.15) is 0 Å². The molecule has 0 aliphatic carbocycles. The lowest BCUT2D eigenvalue weighted by atomic mass is 9.88. The Kier molecular flexibility index (Phi) is 8.09. The van der Waals surface area contributed by atoms with E-state index in [0.717, 1.165) is 5.52 Å². The molecule has 12 heteroatoms. The van der Waals surface area contributed by atoms with Crippen LogP contribution in [0.15, 0.2) is 59.0 Å². The average Bonchev–Trinajstić information content (AvgIpc) is 3.53. The number of nitrogens with zero attached hydrogens (tertiary/aromatic N) is 2. The summed E-state index contributed by atoms with van der Waals surface area (Å²) in [5.41, 5.74) is 3.80. The van der Waals surface area contributed by atoms with Gasteiger partial charge in [-0.05, 0) is 86.3 Å². The number of aromatic nitrogens is 1. The number of hydrogen-bond acceptors (Lipinski definition) is 5. The second-order valence-electron chi connectivity index (χ2n) is 11.6. The second-order valence-corrected chi connectivity index (χ2v) is 13.6. The van der Waals surface area contributed by atoms with E-state index in [4.69, 9.17) is 4.42 Å². The maximum atomic E-state index is 14.1. The summed E-state index contributed by atoms with van der Waals surface area (Å²) < 4.78 is 64.0. The molecule has 3 aromatic carbocycles. The molecular formula is C34H34F2N4O5S. The SMILES string of the molecule is CCS(=O)(=O)Nc1cc2oc(-c3ccc(F)cc3)c(C(=O)NC)c2cc1[C@H]1CCCN(C(=O)c2c(C)c3cc(F)ccc3n2C)C1. The number of furan rings is 1. The summed E-state index contributed by atoms with van der Waals surface area (Å²) >= 11 is 0. The number of benzene rings is 3. The molecule has 46 heavy (non-hydrogen) atoms. The zero-order valence-electron chi connectivity index (χ0n) is 25.9. The smallest absolute Gasteiger partial charge is 0.270 e. The number of anilines is 1. The number of amides is 2. The Labute approximate surface area is 265 Å². The second kappa shape index (κ2) is 11.9. The van der Waals surface area contributed by atoms with Crippen molar-refractivity contribution < 1.29 is 31.2 Å². The van der Waals surface area contributed by atoms with E-state index in [-0.39, 0.29) is 40.3 Å². The highest BCUT2D eigenvalue weighted by molar-refractivity contribution is 7.92. The van der Waals surface area contributed by atoms with Crippen LogP contribution in [0.3, 0.4) is 0 Å². The predicted molar refractivity (Wildman–Crippen MR) is 174 cm³/mol. The highest BCUT2D eigenvalue weighted by Gasteiger charge is 2.32. The van der Waals surface area contributed by atoms with E-state index in [1.165, 1.54) is 50.4 Å². The number of fused-ring (bicyclic) bond motifs is 2. The largest absolute Gasteiger partial charge is 0.455 e. The fraction of sp³-hybridized carbons (Fsp3) is 0.294. The number of sulfonamides is 1. The third-order valence-electron chi connectivity index (χ3n) is 8.83. The van der Waals surface area contributed by atoms with Crippen molar-refractivity contribution in [3.8, 4) is 11.3 Å². The molecule has 9 nitrogen and oxygen atoms in total. The van der Waals surface area contributed by atoms with Gasteiger partial charge in [-0.3, -0.25) is 14.3 Å². The first-order valence-electron chi connectivity index (χ1n) is 15.0. The molecule has 1 saturated heterocycles. The Morgan fingerprint density at radius 3 is 2.43 bits per heavy atom. The summed E-state index contributed by atoms with van der Waals surface area (Å²) in [6.07, 6.45) is 1.31. The van der Waals surface area contributed by atoms with Gasteiger partial charge in [0, 0.05) is 61.0 Å². The van der Waals surface area contributed by atoms with Crippen LogP contribution in [0.2, 0.25) is 0 Å². The lowest BCUT2D eigenvalue weighted by Crippen LogP contribution is -2.40. The molecule has 0 saturated carbocycles. The minimum atomic E-state index is -3.71. The molecule has 0 radical (unpaired) electrons. The molecule has 1 aliphatic heterocycles. The summed E-state index contributed by atoms with van der Waals surface area (Å²) in [6.45, 7) is 4.12. The molecule has 240 valence electrons. The van der Waals surface area contributed by atoms with Gasteiger partial charge >= 0.3 is 0 Å². The quantitative estimate of drug-likeness (QED) is 0.215. The van der Waals surface area contributed by atoms with Crippen molar-refractivity contribution >= 4 is 49.4 Å².